The fraction of sp³-hybridized carbons (Fsp3) is 0.333. The minimum Gasteiger partial charge on any atom is -0.361 e. The first-order valence-electron chi connectivity index (χ1n) is 11.1. The van der Waals surface area contributed by atoms with E-state index in [1.54, 1.807) is 18.3 Å². The van der Waals surface area contributed by atoms with Gasteiger partial charge in [-0.05, 0) is 74.8 Å². The number of halogens is 1. The Labute approximate surface area is 186 Å². The Morgan fingerprint density at radius 3 is 2.66 bits per heavy atom. The lowest BCUT2D eigenvalue weighted by Gasteiger charge is -2.22. The van der Waals surface area contributed by atoms with Crippen molar-refractivity contribution in [1.82, 2.24) is 29.9 Å². The average Bonchev–Trinajstić information content (AvgIpc) is 3.21. The maximum absolute atomic E-state index is 13.2. The summed E-state index contributed by atoms with van der Waals surface area (Å²) in [6.07, 6.45) is 4.72. The van der Waals surface area contributed by atoms with Gasteiger partial charge < -0.3 is 10.6 Å². The van der Waals surface area contributed by atoms with E-state index in [-0.39, 0.29) is 5.82 Å². The van der Waals surface area contributed by atoms with Crippen LogP contribution in [0.1, 0.15) is 42.9 Å². The number of aromatic nitrogens is 5. The van der Waals surface area contributed by atoms with Crippen molar-refractivity contribution in [3.05, 3.63) is 71.7 Å². The molecule has 1 fully saturated rings. The lowest BCUT2D eigenvalue weighted by atomic mass is 9.94. The summed E-state index contributed by atoms with van der Waals surface area (Å²) in [5, 5.41) is 11.8. The van der Waals surface area contributed by atoms with E-state index in [4.69, 9.17) is 10.1 Å². The van der Waals surface area contributed by atoms with Gasteiger partial charge in [0, 0.05) is 17.7 Å². The van der Waals surface area contributed by atoms with Crippen molar-refractivity contribution in [3.63, 3.8) is 0 Å². The molecule has 4 aromatic rings. The minimum absolute atomic E-state index is 0.263. The normalized spacial score (nSPS) is 14.7. The minimum atomic E-state index is -0.263. The number of imidazole rings is 1. The topological polar surface area (TPSA) is 80.0 Å². The SMILES string of the molecule is CCc1nc2ccc(C3CCNCC3)nn2c1NCc1nccc(-c2ccc(F)cc2)n1. The van der Waals surface area contributed by atoms with E-state index in [2.05, 4.69) is 39.7 Å². The molecule has 32 heavy (non-hydrogen) atoms. The second-order valence-electron chi connectivity index (χ2n) is 8.03. The molecule has 5 rings (SSSR count). The Morgan fingerprint density at radius 2 is 1.88 bits per heavy atom. The van der Waals surface area contributed by atoms with Crippen molar-refractivity contribution in [1.29, 1.82) is 0 Å². The summed E-state index contributed by atoms with van der Waals surface area (Å²) in [7, 11) is 0. The van der Waals surface area contributed by atoms with Gasteiger partial charge in [-0.2, -0.15) is 9.61 Å². The smallest absolute Gasteiger partial charge is 0.156 e. The Balaban J connectivity index is 1.41. The molecule has 1 aliphatic heterocycles. The molecule has 0 aliphatic carbocycles. The van der Waals surface area contributed by atoms with Crippen molar-refractivity contribution in [2.75, 3.05) is 18.4 Å². The van der Waals surface area contributed by atoms with Gasteiger partial charge in [0.05, 0.1) is 23.6 Å². The van der Waals surface area contributed by atoms with Crippen molar-refractivity contribution >= 4 is 11.5 Å². The van der Waals surface area contributed by atoms with Crippen molar-refractivity contribution in [2.24, 2.45) is 0 Å². The van der Waals surface area contributed by atoms with Crippen molar-refractivity contribution in [3.8, 4) is 11.3 Å². The molecule has 2 N–H and O–H groups in total. The van der Waals surface area contributed by atoms with E-state index in [0.717, 1.165) is 66.5 Å². The third-order valence-electron chi connectivity index (χ3n) is 5.92. The summed E-state index contributed by atoms with van der Waals surface area (Å²) < 4.78 is 15.2. The molecule has 0 bridgehead atoms. The highest BCUT2D eigenvalue weighted by molar-refractivity contribution is 5.58. The molecule has 7 nitrogen and oxygen atoms in total. The molecule has 0 spiro atoms. The number of fused-ring (bicyclic) bond motifs is 1. The van der Waals surface area contributed by atoms with Gasteiger partial charge in [0.1, 0.15) is 11.6 Å². The number of benzene rings is 1. The third kappa shape index (κ3) is 4.18. The number of aryl methyl sites for hydroxylation is 1. The number of nitrogens with zero attached hydrogens (tertiary/aromatic N) is 5. The van der Waals surface area contributed by atoms with Crippen LogP contribution in [0.2, 0.25) is 0 Å². The van der Waals surface area contributed by atoms with Gasteiger partial charge in [-0.1, -0.05) is 6.92 Å². The van der Waals surface area contributed by atoms with Crippen LogP contribution in [0.25, 0.3) is 16.9 Å². The summed E-state index contributed by atoms with van der Waals surface area (Å²) in [5.41, 5.74) is 4.53. The molecule has 0 radical (unpaired) electrons. The van der Waals surface area contributed by atoms with Gasteiger partial charge in [0.15, 0.2) is 11.5 Å². The summed E-state index contributed by atoms with van der Waals surface area (Å²) in [4.78, 5) is 13.8. The standard InChI is InChI=1S/C24H26FN7/c1-2-19-24(32-23(30-19)8-7-21(31-32)17-9-12-26-13-10-17)28-15-22-27-14-11-20(29-22)16-3-5-18(25)6-4-16/h3-8,11,14,17,26,28H,2,9-10,12-13,15H2,1H3. The number of piperidine rings is 1. The Morgan fingerprint density at radius 1 is 1.06 bits per heavy atom. The molecule has 1 aromatic carbocycles. The highest BCUT2D eigenvalue weighted by Gasteiger charge is 2.19. The third-order valence-corrected chi connectivity index (χ3v) is 5.92. The summed E-state index contributed by atoms with van der Waals surface area (Å²) >= 11 is 0. The summed E-state index contributed by atoms with van der Waals surface area (Å²) in [6, 6.07) is 12.3. The number of rotatable bonds is 6. The lowest BCUT2D eigenvalue weighted by molar-refractivity contribution is 0.449. The van der Waals surface area contributed by atoms with Crippen LogP contribution < -0.4 is 10.6 Å². The first kappa shape index (κ1) is 20.5. The van der Waals surface area contributed by atoms with Crippen molar-refractivity contribution < 1.29 is 4.39 Å². The molecular weight excluding hydrogens is 405 g/mol. The van der Waals surface area contributed by atoms with Crippen LogP contribution in [0.4, 0.5) is 10.2 Å². The van der Waals surface area contributed by atoms with E-state index >= 15 is 0 Å². The van der Waals surface area contributed by atoms with Crippen LogP contribution in [0, 0.1) is 5.82 Å². The Bertz CT molecular complexity index is 1210. The molecule has 0 unspecified atom stereocenters. The predicted molar refractivity (Wildman–Crippen MR) is 122 cm³/mol. The van der Waals surface area contributed by atoms with Gasteiger partial charge in [-0.15, -0.1) is 0 Å². The second kappa shape index (κ2) is 9.00. The zero-order chi connectivity index (χ0) is 21.9. The Kier molecular flexibility index (Phi) is 5.77. The maximum Gasteiger partial charge on any atom is 0.156 e. The van der Waals surface area contributed by atoms with E-state index in [1.807, 2.05) is 10.6 Å². The van der Waals surface area contributed by atoms with Crippen LogP contribution >= 0.6 is 0 Å². The molecule has 164 valence electrons. The maximum atomic E-state index is 13.2. The lowest BCUT2D eigenvalue weighted by Crippen LogP contribution is -2.27. The fourth-order valence-electron chi connectivity index (χ4n) is 4.18. The highest BCUT2D eigenvalue weighted by atomic mass is 19.1. The van der Waals surface area contributed by atoms with Crippen LogP contribution in [0.5, 0.6) is 0 Å². The second-order valence-corrected chi connectivity index (χ2v) is 8.03. The van der Waals surface area contributed by atoms with E-state index in [0.29, 0.717) is 18.3 Å². The molecule has 0 atom stereocenters. The number of hydrogen-bond donors (Lipinski definition) is 2. The quantitative estimate of drug-likeness (QED) is 0.481. The van der Waals surface area contributed by atoms with Crippen LogP contribution in [0.15, 0.2) is 48.7 Å². The molecule has 3 aromatic heterocycles. The number of nitrogens with one attached hydrogen (secondary N) is 2. The van der Waals surface area contributed by atoms with Gasteiger partial charge in [-0.3, -0.25) is 0 Å². The number of anilines is 1. The highest BCUT2D eigenvalue weighted by Crippen LogP contribution is 2.26. The van der Waals surface area contributed by atoms with Crippen LogP contribution in [-0.2, 0) is 13.0 Å². The largest absolute Gasteiger partial charge is 0.361 e. The predicted octanol–water partition coefficient (Wildman–Crippen LogP) is 3.97. The van der Waals surface area contributed by atoms with E-state index in [9.17, 15) is 4.39 Å². The van der Waals surface area contributed by atoms with Gasteiger partial charge >= 0.3 is 0 Å². The van der Waals surface area contributed by atoms with Gasteiger partial charge in [0.2, 0.25) is 0 Å². The zero-order valence-electron chi connectivity index (χ0n) is 18.1. The summed E-state index contributed by atoms with van der Waals surface area (Å²) in [5.74, 6) is 1.74. The van der Waals surface area contributed by atoms with E-state index in [1.165, 1.54) is 12.1 Å². The Hall–Kier alpha value is -3.39. The van der Waals surface area contributed by atoms with Gasteiger partial charge in [-0.25, -0.2) is 19.3 Å². The number of hydrogen-bond acceptors (Lipinski definition) is 6. The molecule has 0 amide bonds. The monoisotopic (exact) mass is 431 g/mol. The summed E-state index contributed by atoms with van der Waals surface area (Å²) in [6.45, 7) is 4.59. The van der Waals surface area contributed by atoms with Crippen LogP contribution in [-0.4, -0.2) is 37.7 Å². The molecule has 8 heteroatoms. The van der Waals surface area contributed by atoms with E-state index < -0.39 is 0 Å². The molecule has 0 saturated carbocycles. The molecule has 1 aliphatic rings. The zero-order valence-corrected chi connectivity index (χ0v) is 18.1. The first-order valence-corrected chi connectivity index (χ1v) is 11.1. The molecular formula is C24H26FN7. The molecule has 1 saturated heterocycles. The fourth-order valence-corrected chi connectivity index (χ4v) is 4.18. The van der Waals surface area contributed by atoms with Gasteiger partial charge in [0.25, 0.3) is 0 Å². The van der Waals surface area contributed by atoms with Crippen LogP contribution in [0.3, 0.4) is 0 Å². The first-order chi connectivity index (χ1) is 15.7. The average molecular weight is 432 g/mol. The molecule has 4 heterocycles. The van der Waals surface area contributed by atoms with Crippen molar-refractivity contribution in [2.45, 2.75) is 38.6 Å².